The van der Waals surface area contributed by atoms with Gasteiger partial charge in [-0.1, -0.05) is 36.4 Å². The van der Waals surface area contributed by atoms with Crippen LogP contribution in [0.1, 0.15) is 17.0 Å². The molecule has 0 aromatic heterocycles. The number of fused-ring (bicyclic) bond motifs is 1. The predicted molar refractivity (Wildman–Crippen MR) is 45.3 cm³/mol. The maximum absolute atomic E-state index is 8.96. The lowest BCUT2D eigenvalue weighted by Crippen LogP contribution is -1.97. The van der Waals surface area contributed by atoms with E-state index in [1.54, 1.807) is 0 Å². The summed E-state index contributed by atoms with van der Waals surface area (Å²) in [6.07, 6.45) is 4.11. The Bertz CT molecular complexity index is 289. The third-order valence-electron chi connectivity index (χ3n) is 2.10. The highest BCUT2D eigenvalue weighted by atomic mass is 16.3. The van der Waals surface area contributed by atoms with Crippen molar-refractivity contribution in [1.29, 1.82) is 0 Å². The minimum absolute atomic E-state index is 0.216. The highest BCUT2D eigenvalue weighted by Crippen LogP contribution is 2.28. The second-order valence-corrected chi connectivity index (χ2v) is 2.78. The average molecular weight is 146 g/mol. The molecule has 1 heteroatoms. The van der Waals surface area contributed by atoms with E-state index in [4.69, 9.17) is 5.11 Å². The summed E-state index contributed by atoms with van der Waals surface area (Å²) < 4.78 is 0. The van der Waals surface area contributed by atoms with Gasteiger partial charge in [-0.05, 0) is 11.1 Å². The van der Waals surface area contributed by atoms with Crippen LogP contribution in [0.2, 0.25) is 0 Å². The lowest BCUT2D eigenvalue weighted by Gasteiger charge is -2.05. The van der Waals surface area contributed by atoms with Gasteiger partial charge in [0.25, 0.3) is 0 Å². The molecule has 1 unspecified atom stereocenters. The van der Waals surface area contributed by atoms with Crippen molar-refractivity contribution in [3.63, 3.8) is 0 Å². The van der Waals surface area contributed by atoms with Crippen LogP contribution in [0.4, 0.5) is 0 Å². The SMILES string of the molecule is OCC1C=Cc2ccccc21. The molecule has 2 rings (SSSR count). The van der Waals surface area contributed by atoms with Crippen LogP contribution in [0.5, 0.6) is 0 Å². The van der Waals surface area contributed by atoms with Gasteiger partial charge in [0.2, 0.25) is 0 Å². The Hall–Kier alpha value is -1.08. The minimum atomic E-state index is 0.216. The predicted octanol–water partition coefficient (Wildman–Crippen LogP) is 1.79. The van der Waals surface area contributed by atoms with Gasteiger partial charge in [-0.25, -0.2) is 0 Å². The van der Waals surface area contributed by atoms with E-state index in [1.807, 2.05) is 18.2 Å². The monoisotopic (exact) mass is 146 g/mol. The van der Waals surface area contributed by atoms with Crippen molar-refractivity contribution in [3.05, 3.63) is 41.5 Å². The molecule has 0 saturated heterocycles. The lowest BCUT2D eigenvalue weighted by atomic mass is 10.0. The Labute approximate surface area is 66.0 Å². The van der Waals surface area contributed by atoms with Gasteiger partial charge >= 0.3 is 0 Å². The van der Waals surface area contributed by atoms with Crippen LogP contribution < -0.4 is 0 Å². The maximum Gasteiger partial charge on any atom is 0.0534 e. The molecule has 0 amide bonds. The zero-order valence-electron chi connectivity index (χ0n) is 6.20. The van der Waals surface area contributed by atoms with Crippen LogP contribution >= 0.6 is 0 Å². The van der Waals surface area contributed by atoms with Crippen molar-refractivity contribution < 1.29 is 5.11 Å². The number of hydrogen-bond acceptors (Lipinski definition) is 1. The zero-order valence-corrected chi connectivity index (χ0v) is 6.20. The van der Waals surface area contributed by atoms with Crippen LogP contribution in [-0.4, -0.2) is 11.7 Å². The average Bonchev–Trinajstić information content (AvgIpc) is 2.47. The van der Waals surface area contributed by atoms with Crippen LogP contribution in [0.15, 0.2) is 30.3 Å². The van der Waals surface area contributed by atoms with E-state index in [2.05, 4.69) is 18.2 Å². The summed E-state index contributed by atoms with van der Waals surface area (Å²) in [5.41, 5.74) is 2.49. The Morgan fingerprint density at radius 1 is 1.27 bits per heavy atom. The van der Waals surface area contributed by atoms with E-state index in [1.165, 1.54) is 11.1 Å². The molecular formula is C10H10O. The molecule has 0 saturated carbocycles. The second-order valence-electron chi connectivity index (χ2n) is 2.78. The van der Waals surface area contributed by atoms with Crippen molar-refractivity contribution in [2.75, 3.05) is 6.61 Å². The zero-order chi connectivity index (χ0) is 7.68. The summed E-state index contributed by atoms with van der Waals surface area (Å²) in [6, 6.07) is 8.16. The van der Waals surface area contributed by atoms with Gasteiger partial charge in [0.15, 0.2) is 0 Å². The molecule has 1 aliphatic carbocycles. The molecule has 1 nitrogen and oxygen atoms in total. The van der Waals surface area contributed by atoms with Gasteiger partial charge in [-0.15, -0.1) is 0 Å². The third-order valence-corrected chi connectivity index (χ3v) is 2.10. The summed E-state index contributed by atoms with van der Waals surface area (Å²) >= 11 is 0. The van der Waals surface area contributed by atoms with Gasteiger partial charge in [-0.3, -0.25) is 0 Å². The number of benzene rings is 1. The number of rotatable bonds is 1. The first-order valence-electron chi connectivity index (χ1n) is 3.80. The molecule has 0 bridgehead atoms. The topological polar surface area (TPSA) is 20.2 Å². The highest BCUT2D eigenvalue weighted by molar-refractivity contribution is 5.62. The first-order chi connectivity index (χ1) is 5.42. The molecule has 56 valence electrons. The van der Waals surface area contributed by atoms with Crippen LogP contribution in [0.25, 0.3) is 6.08 Å². The van der Waals surface area contributed by atoms with E-state index in [0.717, 1.165) is 0 Å². The summed E-state index contributed by atoms with van der Waals surface area (Å²) in [4.78, 5) is 0. The molecule has 1 atom stereocenters. The molecule has 1 N–H and O–H groups in total. The Balaban J connectivity index is 2.46. The van der Waals surface area contributed by atoms with E-state index < -0.39 is 0 Å². The van der Waals surface area contributed by atoms with Crippen LogP contribution in [0, 0.1) is 0 Å². The minimum Gasteiger partial charge on any atom is -0.395 e. The van der Waals surface area contributed by atoms with Gasteiger partial charge in [0.05, 0.1) is 6.61 Å². The molecule has 1 aliphatic rings. The Morgan fingerprint density at radius 2 is 2.09 bits per heavy atom. The van der Waals surface area contributed by atoms with Crippen molar-refractivity contribution in [2.24, 2.45) is 0 Å². The molecule has 1 aromatic carbocycles. The van der Waals surface area contributed by atoms with E-state index in [0.29, 0.717) is 0 Å². The Morgan fingerprint density at radius 3 is 2.91 bits per heavy atom. The van der Waals surface area contributed by atoms with Crippen molar-refractivity contribution in [3.8, 4) is 0 Å². The molecular weight excluding hydrogens is 136 g/mol. The fraction of sp³-hybridized carbons (Fsp3) is 0.200. The summed E-state index contributed by atoms with van der Waals surface area (Å²) in [6.45, 7) is 0.216. The van der Waals surface area contributed by atoms with E-state index >= 15 is 0 Å². The first kappa shape index (κ1) is 6.62. The summed E-state index contributed by atoms with van der Waals surface area (Å²) in [7, 11) is 0. The molecule has 11 heavy (non-hydrogen) atoms. The molecule has 0 heterocycles. The lowest BCUT2D eigenvalue weighted by molar-refractivity contribution is 0.284. The largest absolute Gasteiger partial charge is 0.395 e. The fourth-order valence-corrected chi connectivity index (χ4v) is 1.48. The molecule has 0 fully saturated rings. The molecule has 0 aliphatic heterocycles. The quantitative estimate of drug-likeness (QED) is 0.640. The number of aliphatic hydroxyl groups is 1. The van der Waals surface area contributed by atoms with E-state index in [-0.39, 0.29) is 12.5 Å². The normalized spacial score (nSPS) is 20.3. The van der Waals surface area contributed by atoms with Gasteiger partial charge in [-0.2, -0.15) is 0 Å². The van der Waals surface area contributed by atoms with Crippen molar-refractivity contribution in [1.82, 2.24) is 0 Å². The summed E-state index contributed by atoms with van der Waals surface area (Å²) in [5.74, 6) is 0.228. The van der Waals surface area contributed by atoms with Gasteiger partial charge < -0.3 is 5.11 Å². The standard InChI is InChI=1S/C10H10O/c11-7-9-6-5-8-3-1-2-4-10(8)9/h1-6,9,11H,7H2. The van der Waals surface area contributed by atoms with Crippen LogP contribution in [0.3, 0.4) is 0 Å². The maximum atomic E-state index is 8.96. The van der Waals surface area contributed by atoms with Crippen LogP contribution in [-0.2, 0) is 0 Å². The fourth-order valence-electron chi connectivity index (χ4n) is 1.48. The second kappa shape index (κ2) is 2.51. The smallest absolute Gasteiger partial charge is 0.0534 e. The number of hydrogen-bond donors (Lipinski definition) is 1. The molecule has 0 radical (unpaired) electrons. The van der Waals surface area contributed by atoms with Crippen molar-refractivity contribution >= 4 is 6.08 Å². The van der Waals surface area contributed by atoms with Crippen molar-refractivity contribution in [2.45, 2.75) is 5.92 Å². The highest BCUT2D eigenvalue weighted by Gasteiger charge is 2.14. The third kappa shape index (κ3) is 0.976. The van der Waals surface area contributed by atoms with Gasteiger partial charge in [0, 0.05) is 5.92 Å². The Kier molecular flexibility index (Phi) is 1.51. The molecule has 1 aromatic rings. The van der Waals surface area contributed by atoms with E-state index in [9.17, 15) is 0 Å². The number of aliphatic hydroxyl groups excluding tert-OH is 1. The first-order valence-corrected chi connectivity index (χ1v) is 3.80. The molecule has 0 spiro atoms. The summed E-state index contributed by atoms with van der Waals surface area (Å²) in [5, 5.41) is 8.96. The van der Waals surface area contributed by atoms with Gasteiger partial charge in [0.1, 0.15) is 0 Å².